The summed E-state index contributed by atoms with van der Waals surface area (Å²) in [6.45, 7) is -0.748. The molecule has 4 rings (SSSR count). The van der Waals surface area contributed by atoms with Gasteiger partial charge in [0.25, 0.3) is 0 Å². The zero-order valence-corrected chi connectivity index (χ0v) is 16.8. The molecule has 14 heteroatoms. The summed E-state index contributed by atoms with van der Waals surface area (Å²) in [5.74, 6) is -4.06. The fourth-order valence-corrected chi connectivity index (χ4v) is 4.80. The third-order valence-corrected chi connectivity index (χ3v) is 6.44. The van der Waals surface area contributed by atoms with Crippen LogP contribution in [0.2, 0.25) is 0 Å². The van der Waals surface area contributed by atoms with Gasteiger partial charge in [-0.3, -0.25) is 23.7 Å². The highest BCUT2D eigenvalue weighted by atomic mass is 31.2. The van der Waals surface area contributed by atoms with E-state index in [9.17, 15) is 23.2 Å². The number of rotatable bonds is 5. The van der Waals surface area contributed by atoms with E-state index in [0.29, 0.717) is 11.0 Å². The van der Waals surface area contributed by atoms with Crippen LogP contribution in [-0.2, 0) is 18.3 Å². The van der Waals surface area contributed by atoms with Crippen molar-refractivity contribution in [1.82, 2.24) is 14.5 Å². The molecular formula is C17H19F2N4O7P. The number of aliphatic hydroxyl groups excluding tert-OH is 2. The molecule has 0 bridgehead atoms. The van der Waals surface area contributed by atoms with Crippen molar-refractivity contribution in [2.45, 2.75) is 36.9 Å². The number of halogens is 2. The van der Waals surface area contributed by atoms with Crippen LogP contribution in [0.25, 0.3) is 0 Å². The molecular weight excluding hydrogens is 441 g/mol. The number of ether oxygens (including phenoxy) is 1. The van der Waals surface area contributed by atoms with Gasteiger partial charge in [-0.05, 0) is 23.8 Å². The van der Waals surface area contributed by atoms with E-state index < -0.39 is 50.5 Å². The number of hydrogen-bond donors (Lipinski definition) is 3. The van der Waals surface area contributed by atoms with Gasteiger partial charge in [-0.1, -0.05) is 0 Å². The molecule has 2 aliphatic rings. The van der Waals surface area contributed by atoms with Crippen LogP contribution < -0.4 is 10.8 Å². The zero-order chi connectivity index (χ0) is 22.2. The number of aromatic nitrogens is 3. The van der Waals surface area contributed by atoms with Gasteiger partial charge in [0, 0.05) is 25.0 Å². The van der Waals surface area contributed by atoms with Gasteiger partial charge in [-0.15, -0.1) is 0 Å². The molecule has 3 N–H and O–H groups in total. The normalized spacial score (nSPS) is 32.6. The average Bonchev–Trinajstić information content (AvgIpc) is 2.97. The largest absolute Gasteiger partial charge is 0.434 e. The number of aliphatic hydroxyl groups is 2. The highest BCUT2D eigenvalue weighted by Gasteiger charge is 2.59. The van der Waals surface area contributed by atoms with Crippen molar-refractivity contribution in [1.29, 1.82) is 0 Å². The Kier molecular flexibility index (Phi) is 5.90. The molecule has 2 aromatic heterocycles. The molecule has 168 valence electrons. The highest BCUT2D eigenvalue weighted by molar-refractivity contribution is 7.55. The number of nitrogens with zero attached hydrogens (tertiary/aromatic N) is 3. The topological polar surface area (TPSA) is 145 Å². The standard InChI is InChI=1S/C17H19F2N4O7P/c18-17(19)14(25)12(9-24)29-15(17)23-7-3-13(21-16(23)26)22-31(27)28-8-4-11(30-31)10-1-5-20-6-2-10/h1-3,5-7,11-12,14-15,24-25H,4,8-9H2,(H,21,22,26,27)/t11?,12-,14-,15-,31?/m1/s1. The molecule has 4 heterocycles. The second kappa shape index (κ2) is 8.34. The summed E-state index contributed by atoms with van der Waals surface area (Å²) in [6.07, 6.45) is -2.06. The maximum Gasteiger partial charge on any atom is 0.434 e. The minimum absolute atomic E-state index is 0.108. The first-order chi connectivity index (χ1) is 14.7. The first-order valence-electron chi connectivity index (χ1n) is 9.26. The molecule has 2 aromatic rings. The predicted molar refractivity (Wildman–Crippen MR) is 100 cm³/mol. The van der Waals surface area contributed by atoms with Crippen molar-refractivity contribution in [2.24, 2.45) is 0 Å². The van der Waals surface area contributed by atoms with Crippen LogP contribution in [0, 0.1) is 0 Å². The second-order valence-corrected chi connectivity index (χ2v) is 8.62. The van der Waals surface area contributed by atoms with Gasteiger partial charge in [-0.2, -0.15) is 13.8 Å². The molecule has 0 aromatic carbocycles. The van der Waals surface area contributed by atoms with E-state index in [1.54, 1.807) is 24.5 Å². The van der Waals surface area contributed by atoms with Gasteiger partial charge >= 0.3 is 19.4 Å². The minimum atomic E-state index is -3.90. The van der Waals surface area contributed by atoms with E-state index in [1.165, 1.54) is 0 Å². The van der Waals surface area contributed by atoms with E-state index in [4.69, 9.17) is 18.9 Å². The lowest BCUT2D eigenvalue weighted by Crippen LogP contribution is -2.41. The molecule has 31 heavy (non-hydrogen) atoms. The van der Waals surface area contributed by atoms with Crippen LogP contribution in [0.4, 0.5) is 14.6 Å². The van der Waals surface area contributed by atoms with E-state index in [0.717, 1.165) is 17.8 Å². The molecule has 2 saturated heterocycles. The van der Waals surface area contributed by atoms with Crippen molar-refractivity contribution < 1.29 is 37.3 Å². The second-order valence-electron chi connectivity index (χ2n) is 6.94. The Labute approximate surface area is 174 Å². The maximum atomic E-state index is 14.3. The predicted octanol–water partition coefficient (Wildman–Crippen LogP) is 1.22. The van der Waals surface area contributed by atoms with Crippen LogP contribution in [0.15, 0.2) is 41.6 Å². The van der Waals surface area contributed by atoms with Crippen molar-refractivity contribution >= 4 is 13.6 Å². The molecule has 2 unspecified atom stereocenters. The Morgan fingerprint density at radius 1 is 1.32 bits per heavy atom. The van der Waals surface area contributed by atoms with Crippen LogP contribution in [0.3, 0.4) is 0 Å². The van der Waals surface area contributed by atoms with Gasteiger partial charge in [0.1, 0.15) is 11.9 Å². The third kappa shape index (κ3) is 4.25. The number of alkyl halides is 2. The number of anilines is 1. The number of hydrogen-bond acceptors (Lipinski definition) is 9. The Morgan fingerprint density at radius 2 is 2.06 bits per heavy atom. The monoisotopic (exact) mass is 460 g/mol. The van der Waals surface area contributed by atoms with Crippen molar-refractivity contribution in [3.8, 4) is 0 Å². The summed E-state index contributed by atoms with van der Waals surface area (Å²) in [6, 6.07) is 4.52. The summed E-state index contributed by atoms with van der Waals surface area (Å²) in [5.41, 5.74) is -0.420. The smallest absolute Gasteiger partial charge is 0.394 e. The summed E-state index contributed by atoms with van der Waals surface area (Å²) in [5, 5.41) is 21.1. The Bertz CT molecular complexity index is 1040. The van der Waals surface area contributed by atoms with Crippen LogP contribution in [0.1, 0.15) is 24.3 Å². The SMILES string of the molecule is O=c1nc(NP2(=O)OCCC(c3ccncc3)O2)ccn1[C@@H]1O[C@H](CO)[C@@H](O)C1(F)F. The molecule has 0 aliphatic carbocycles. The van der Waals surface area contributed by atoms with Gasteiger partial charge < -0.3 is 14.9 Å². The van der Waals surface area contributed by atoms with E-state index in [2.05, 4.69) is 15.1 Å². The molecule has 0 radical (unpaired) electrons. The average molecular weight is 460 g/mol. The van der Waals surface area contributed by atoms with Crippen molar-refractivity contribution in [3.05, 3.63) is 52.8 Å². The van der Waals surface area contributed by atoms with Gasteiger partial charge in [0.2, 0.25) is 6.23 Å². The molecule has 5 atom stereocenters. The Hall–Kier alpha value is -2.28. The van der Waals surface area contributed by atoms with Gasteiger partial charge in [-0.25, -0.2) is 9.36 Å². The minimum Gasteiger partial charge on any atom is -0.394 e. The first-order valence-corrected chi connectivity index (χ1v) is 10.8. The van der Waals surface area contributed by atoms with Crippen molar-refractivity contribution in [3.63, 3.8) is 0 Å². The maximum absolute atomic E-state index is 14.3. The van der Waals surface area contributed by atoms with Crippen molar-refractivity contribution in [2.75, 3.05) is 18.3 Å². The summed E-state index contributed by atoms with van der Waals surface area (Å²) >= 11 is 0. The third-order valence-electron chi connectivity index (χ3n) is 4.88. The lowest BCUT2D eigenvalue weighted by molar-refractivity contribution is -0.140. The molecule has 0 amide bonds. The molecule has 0 saturated carbocycles. The fourth-order valence-electron chi connectivity index (χ4n) is 3.31. The first kappa shape index (κ1) is 21.9. The lowest BCUT2D eigenvalue weighted by atomic mass is 10.1. The fraction of sp³-hybridized carbons (Fsp3) is 0.471. The number of pyridine rings is 1. The quantitative estimate of drug-likeness (QED) is 0.557. The summed E-state index contributed by atoms with van der Waals surface area (Å²) in [7, 11) is -3.90. The lowest BCUT2D eigenvalue weighted by Gasteiger charge is -2.30. The number of nitrogens with one attached hydrogen (secondary N) is 1. The molecule has 2 fully saturated rings. The van der Waals surface area contributed by atoms with E-state index in [1.807, 2.05) is 0 Å². The van der Waals surface area contributed by atoms with Crippen LogP contribution >= 0.6 is 7.75 Å². The van der Waals surface area contributed by atoms with Crippen LogP contribution in [-0.4, -0.2) is 56.1 Å². The molecule has 2 aliphatic heterocycles. The molecule has 11 nitrogen and oxygen atoms in total. The highest BCUT2D eigenvalue weighted by Crippen LogP contribution is 2.55. The summed E-state index contributed by atoms with van der Waals surface area (Å²) < 4.78 is 57.6. The Morgan fingerprint density at radius 3 is 2.71 bits per heavy atom. The Balaban J connectivity index is 1.52. The van der Waals surface area contributed by atoms with Gasteiger partial charge in [0.05, 0.1) is 19.3 Å². The van der Waals surface area contributed by atoms with E-state index in [-0.39, 0.29) is 12.4 Å². The molecule has 0 spiro atoms. The summed E-state index contributed by atoms with van der Waals surface area (Å²) in [4.78, 5) is 19.8. The van der Waals surface area contributed by atoms with E-state index >= 15 is 0 Å². The zero-order valence-electron chi connectivity index (χ0n) is 15.9. The van der Waals surface area contributed by atoms with Crippen LogP contribution in [0.5, 0.6) is 0 Å². The van der Waals surface area contributed by atoms with Gasteiger partial charge in [0.15, 0.2) is 6.10 Å².